The summed E-state index contributed by atoms with van der Waals surface area (Å²) in [6.45, 7) is 5.21. The summed E-state index contributed by atoms with van der Waals surface area (Å²) in [5, 5.41) is 4.62. The van der Waals surface area contributed by atoms with Crippen LogP contribution in [-0.2, 0) is 13.6 Å². The van der Waals surface area contributed by atoms with Crippen molar-refractivity contribution in [3.63, 3.8) is 0 Å². The van der Waals surface area contributed by atoms with Crippen LogP contribution in [0, 0.1) is 12.7 Å². The molecule has 0 saturated carbocycles. The molecule has 2 heterocycles. The van der Waals surface area contributed by atoms with Crippen LogP contribution < -0.4 is 0 Å². The highest BCUT2D eigenvalue weighted by atomic mass is 35.5. The number of halogens is 2. The molecule has 0 spiro atoms. The number of nitrogens with zero attached hydrogens (tertiary/aromatic N) is 4. The summed E-state index contributed by atoms with van der Waals surface area (Å²) < 4.78 is 14.8. The van der Waals surface area contributed by atoms with Crippen LogP contribution in [-0.4, -0.2) is 51.7 Å². The number of aryl methyl sites for hydroxylation is 2. The minimum atomic E-state index is -0.220. The third-order valence-corrected chi connectivity index (χ3v) is 4.76. The molecular formula is C17H20ClFN4O. The molecule has 1 saturated heterocycles. The molecule has 0 atom stereocenters. The molecule has 1 aliphatic rings. The molecule has 1 fully saturated rings. The molecule has 5 nitrogen and oxygen atoms in total. The van der Waals surface area contributed by atoms with Crippen molar-refractivity contribution >= 4 is 17.5 Å². The van der Waals surface area contributed by atoms with E-state index in [0.717, 1.165) is 18.7 Å². The van der Waals surface area contributed by atoms with Gasteiger partial charge in [-0.1, -0.05) is 23.7 Å². The molecule has 0 aliphatic carbocycles. The lowest BCUT2D eigenvalue weighted by atomic mass is 10.2. The Bertz CT molecular complexity index is 753. The van der Waals surface area contributed by atoms with Crippen molar-refractivity contribution in [2.24, 2.45) is 7.05 Å². The van der Waals surface area contributed by atoms with Crippen LogP contribution in [0.5, 0.6) is 0 Å². The lowest BCUT2D eigenvalue weighted by molar-refractivity contribution is 0.0618. The molecule has 1 aliphatic heterocycles. The van der Waals surface area contributed by atoms with Crippen LogP contribution in [0.2, 0.25) is 5.02 Å². The number of carbonyl (C=O) groups excluding carboxylic acids is 1. The zero-order valence-corrected chi connectivity index (χ0v) is 14.6. The maximum absolute atomic E-state index is 13.3. The van der Waals surface area contributed by atoms with Gasteiger partial charge < -0.3 is 4.90 Å². The van der Waals surface area contributed by atoms with E-state index in [1.165, 1.54) is 6.07 Å². The van der Waals surface area contributed by atoms with Gasteiger partial charge in [0, 0.05) is 39.8 Å². The zero-order chi connectivity index (χ0) is 17.3. The number of carbonyl (C=O) groups is 1. The van der Waals surface area contributed by atoms with Crippen molar-refractivity contribution in [3.8, 4) is 0 Å². The molecule has 24 heavy (non-hydrogen) atoms. The molecule has 128 valence electrons. The Morgan fingerprint density at radius 1 is 1.29 bits per heavy atom. The summed E-state index contributed by atoms with van der Waals surface area (Å²) in [5.74, 6) is -0.309. The van der Waals surface area contributed by atoms with Gasteiger partial charge in [0.1, 0.15) is 11.5 Å². The minimum Gasteiger partial charge on any atom is -0.335 e. The highest BCUT2D eigenvalue weighted by Gasteiger charge is 2.27. The van der Waals surface area contributed by atoms with E-state index in [2.05, 4.69) is 10.00 Å². The van der Waals surface area contributed by atoms with E-state index >= 15 is 0 Å². The zero-order valence-electron chi connectivity index (χ0n) is 13.8. The number of hydrogen-bond acceptors (Lipinski definition) is 3. The molecule has 1 aromatic heterocycles. The number of piperazine rings is 1. The average Bonchev–Trinajstić information content (AvgIpc) is 2.80. The summed E-state index contributed by atoms with van der Waals surface area (Å²) in [7, 11) is 1.73. The normalized spacial score (nSPS) is 15.8. The molecule has 0 radical (unpaired) electrons. The third-order valence-electron chi connectivity index (χ3n) is 4.31. The molecule has 3 rings (SSSR count). The first-order chi connectivity index (χ1) is 11.5. The summed E-state index contributed by atoms with van der Waals surface area (Å²) in [6, 6.07) is 6.63. The highest BCUT2D eigenvalue weighted by molar-refractivity contribution is 6.34. The number of amides is 1. The average molecular weight is 351 g/mol. The molecule has 1 amide bonds. The second-order valence-corrected chi connectivity index (χ2v) is 6.45. The van der Waals surface area contributed by atoms with Crippen molar-refractivity contribution in [2.75, 3.05) is 26.2 Å². The van der Waals surface area contributed by atoms with Crippen LogP contribution in [0.25, 0.3) is 0 Å². The number of benzene rings is 1. The summed E-state index contributed by atoms with van der Waals surface area (Å²) in [6.07, 6.45) is 0. The maximum atomic E-state index is 13.3. The fraction of sp³-hybridized carbons (Fsp3) is 0.412. The van der Waals surface area contributed by atoms with Gasteiger partial charge in [0.25, 0.3) is 5.91 Å². The second-order valence-electron chi connectivity index (χ2n) is 6.07. The maximum Gasteiger partial charge on any atom is 0.273 e. The van der Waals surface area contributed by atoms with Crippen molar-refractivity contribution in [1.29, 1.82) is 0 Å². The molecule has 1 aromatic carbocycles. The van der Waals surface area contributed by atoms with E-state index in [1.54, 1.807) is 35.7 Å². The number of hydrogen-bond donors (Lipinski definition) is 0. The van der Waals surface area contributed by atoms with E-state index < -0.39 is 0 Å². The molecule has 0 N–H and O–H groups in total. The SMILES string of the molecule is Cc1nn(C)c(C(=O)N2CCN(Cc3cccc(F)c3)CC2)c1Cl. The lowest BCUT2D eigenvalue weighted by Crippen LogP contribution is -2.48. The fourth-order valence-corrected chi connectivity index (χ4v) is 3.26. The third kappa shape index (κ3) is 3.44. The van der Waals surface area contributed by atoms with Crippen LogP contribution in [0.3, 0.4) is 0 Å². The predicted molar refractivity (Wildman–Crippen MR) is 90.5 cm³/mol. The van der Waals surface area contributed by atoms with Crippen LogP contribution >= 0.6 is 11.6 Å². The fourth-order valence-electron chi connectivity index (χ4n) is 3.02. The summed E-state index contributed by atoms with van der Waals surface area (Å²) in [4.78, 5) is 16.7. The van der Waals surface area contributed by atoms with Crippen molar-refractivity contribution in [2.45, 2.75) is 13.5 Å². The van der Waals surface area contributed by atoms with E-state index in [4.69, 9.17) is 11.6 Å². The van der Waals surface area contributed by atoms with E-state index in [0.29, 0.717) is 36.0 Å². The predicted octanol–water partition coefficient (Wildman–Crippen LogP) is 2.48. The molecule has 2 aromatic rings. The second kappa shape index (κ2) is 6.91. The van der Waals surface area contributed by atoms with Crippen LogP contribution in [0.15, 0.2) is 24.3 Å². The van der Waals surface area contributed by atoms with Gasteiger partial charge in [0.2, 0.25) is 0 Å². The Labute approximate surface area is 145 Å². The van der Waals surface area contributed by atoms with Gasteiger partial charge in [-0.25, -0.2) is 4.39 Å². The van der Waals surface area contributed by atoms with Gasteiger partial charge >= 0.3 is 0 Å². The van der Waals surface area contributed by atoms with Crippen LogP contribution in [0.4, 0.5) is 4.39 Å². The summed E-state index contributed by atoms with van der Waals surface area (Å²) in [5.41, 5.74) is 2.04. The molecule has 7 heteroatoms. The largest absolute Gasteiger partial charge is 0.335 e. The van der Waals surface area contributed by atoms with Gasteiger partial charge in [-0.2, -0.15) is 5.10 Å². The molecule has 0 bridgehead atoms. The van der Waals surface area contributed by atoms with Gasteiger partial charge in [-0.15, -0.1) is 0 Å². The Morgan fingerprint density at radius 2 is 2.00 bits per heavy atom. The minimum absolute atomic E-state index is 0.0893. The lowest BCUT2D eigenvalue weighted by Gasteiger charge is -2.34. The van der Waals surface area contributed by atoms with E-state index in [-0.39, 0.29) is 11.7 Å². The van der Waals surface area contributed by atoms with Crippen LogP contribution in [0.1, 0.15) is 21.7 Å². The van der Waals surface area contributed by atoms with E-state index in [9.17, 15) is 9.18 Å². The van der Waals surface area contributed by atoms with Crippen molar-refractivity contribution < 1.29 is 9.18 Å². The molecule has 0 unspecified atom stereocenters. The van der Waals surface area contributed by atoms with Crippen molar-refractivity contribution in [3.05, 3.63) is 52.1 Å². The number of aromatic nitrogens is 2. The van der Waals surface area contributed by atoms with Gasteiger partial charge in [-0.05, 0) is 24.6 Å². The van der Waals surface area contributed by atoms with Gasteiger partial charge in [-0.3, -0.25) is 14.4 Å². The molecular weight excluding hydrogens is 331 g/mol. The smallest absolute Gasteiger partial charge is 0.273 e. The first-order valence-electron chi connectivity index (χ1n) is 7.91. The topological polar surface area (TPSA) is 41.4 Å². The first kappa shape index (κ1) is 16.9. The Morgan fingerprint density at radius 3 is 2.58 bits per heavy atom. The Balaban J connectivity index is 1.61. The van der Waals surface area contributed by atoms with Crippen molar-refractivity contribution in [1.82, 2.24) is 19.6 Å². The van der Waals surface area contributed by atoms with Gasteiger partial charge in [0.05, 0.1) is 10.7 Å². The standard InChI is InChI=1S/C17H20ClFN4O/c1-12-15(18)16(21(2)20-12)17(24)23-8-6-22(7-9-23)11-13-4-3-5-14(19)10-13/h3-5,10H,6-9,11H2,1-2H3. The number of rotatable bonds is 3. The van der Waals surface area contributed by atoms with E-state index in [1.807, 2.05) is 6.07 Å². The highest BCUT2D eigenvalue weighted by Crippen LogP contribution is 2.21. The Kier molecular flexibility index (Phi) is 4.87. The quantitative estimate of drug-likeness (QED) is 0.854. The monoisotopic (exact) mass is 350 g/mol. The summed E-state index contributed by atoms with van der Waals surface area (Å²) >= 11 is 6.20. The van der Waals surface area contributed by atoms with Gasteiger partial charge in [0.15, 0.2) is 0 Å². The Hall–Kier alpha value is -1.92. The first-order valence-corrected chi connectivity index (χ1v) is 8.28.